The van der Waals surface area contributed by atoms with Crippen molar-refractivity contribution in [3.05, 3.63) is 77.6 Å². The van der Waals surface area contributed by atoms with E-state index in [1.807, 2.05) is 41.3 Å². The Balaban J connectivity index is 1.37. The van der Waals surface area contributed by atoms with Crippen molar-refractivity contribution in [3.63, 3.8) is 0 Å². The number of carbonyl (C=O) groups excluding carboxylic acids is 2. The van der Waals surface area contributed by atoms with E-state index in [9.17, 15) is 9.59 Å². The Morgan fingerprint density at radius 1 is 0.931 bits per heavy atom. The van der Waals surface area contributed by atoms with Gasteiger partial charge in [0.15, 0.2) is 12.0 Å². The molecule has 0 aliphatic carbocycles. The Hall–Kier alpha value is -3.34. The van der Waals surface area contributed by atoms with E-state index in [0.29, 0.717) is 30.9 Å². The molecule has 0 N–H and O–H groups in total. The monoisotopic (exact) mass is 388 g/mol. The van der Waals surface area contributed by atoms with Gasteiger partial charge in [-0.3, -0.25) is 9.59 Å². The topological polar surface area (TPSA) is 53.8 Å². The van der Waals surface area contributed by atoms with Gasteiger partial charge in [-0.05, 0) is 60.5 Å². The third kappa shape index (κ3) is 4.09. The highest BCUT2D eigenvalue weighted by atomic mass is 16.3. The molecule has 29 heavy (non-hydrogen) atoms. The fourth-order valence-corrected chi connectivity index (χ4v) is 3.64. The van der Waals surface area contributed by atoms with E-state index in [1.165, 1.54) is 5.56 Å². The molecule has 0 bridgehead atoms. The van der Waals surface area contributed by atoms with Crippen LogP contribution in [0.2, 0.25) is 0 Å². The maximum Gasteiger partial charge on any atom is 0.253 e. The second-order valence-electron chi connectivity index (χ2n) is 7.20. The summed E-state index contributed by atoms with van der Waals surface area (Å²) in [5.74, 6) is 1.11. The summed E-state index contributed by atoms with van der Waals surface area (Å²) in [5, 5.41) is 0. The fourth-order valence-electron chi connectivity index (χ4n) is 3.64. The number of carbonyl (C=O) groups is 2. The van der Waals surface area contributed by atoms with Gasteiger partial charge in [0.25, 0.3) is 5.91 Å². The van der Waals surface area contributed by atoms with E-state index in [4.69, 9.17) is 4.42 Å². The Labute approximate surface area is 170 Å². The number of nitrogens with zero attached hydrogens (tertiary/aromatic N) is 2. The Bertz CT molecular complexity index is 982. The zero-order valence-electron chi connectivity index (χ0n) is 16.5. The van der Waals surface area contributed by atoms with Gasteiger partial charge in [-0.1, -0.05) is 19.1 Å². The SMILES string of the molecule is CCc1ccc(C(=O)N2CCN(c3ccc(-c4ccc(C=O)o4)cc3)CC2)cc1. The summed E-state index contributed by atoms with van der Waals surface area (Å²) < 4.78 is 5.48. The summed E-state index contributed by atoms with van der Waals surface area (Å²) in [4.78, 5) is 27.7. The summed E-state index contributed by atoms with van der Waals surface area (Å²) >= 11 is 0. The van der Waals surface area contributed by atoms with Crippen molar-refractivity contribution in [2.45, 2.75) is 13.3 Å². The van der Waals surface area contributed by atoms with Gasteiger partial charge in [0, 0.05) is 43.0 Å². The predicted molar refractivity (Wildman–Crippen MR) is 113 cm³/mol. The molecule has 0 unspecified atom stereocenters. The molecular formula is C24H24N2O3. The molecule has 0 spiro atoms. The molecule has 0 radical (unpaired) electrons. The van der Waals surface area contributed by atoms with Crippen LogP contribution in [0.1, 0.15) is 33.4 Å². The lowest BCUT2D eigenvalue weighted by molar-refractivity contribution is 0.0746. The van der Waals surface area contributed by atoms with E-state index in [2.05, 4.69) is 24.0 Å². The lowest BCUT2D eigenvalue weighted by atomic mass is 10.1. The highest BCUT2D eigenvalue weighted by Crippen LogP contribution is 2.25. The molecule has 1 aliphatic heterocycles. The first-order valence-corrected chi connectivity index (χ1v) is 9.96. The molecule has 5 heteroatoms. The van der Waals surface area contributed by atoms with Gasteiger partial charge in [-0.2, -0.15) is 0 Å². The summed E-state index contributed by atoms with van der Waals surface area (Å²) in [6.07, 6.45) is 1.68. The van der Waals surface area contributed by atoms with Gasteiger partial charge in [-0.25, -0.2) is 0 Å². The molecule has 3 aromatic rings. The zero-order chi connectivity index (χ0) is 20.2. The predicted octanol–water partition coefficient (Wildman–Crippen LogP) is 4.28. The van der Waals surface area contributed by atoms with Gasteiger partial charge in [0.1, 0.15) is 5.76 Å². The minimum atomic E-state index is 0.103. The molecular weight excluding hydrogens is 364 g/mol. The van der Waals surface area contributed by atoms with Crippen LogP contribution >= 0.6 is 0 Å². The molecule has 1 amide bonds. The van der Waals surface area contributed by atoms with E-state index in [1.54, 1.807) is 12.1 Å². The number of aldehydes is 1. The number of hydrogen-bond acceptors (Lipinski definition) is 4. The van der Waals surface area contributed by atoms with Crippen LogP contribution in [0, 0.1) is 0 Å². The van der Waals surface area contributed by atoms with Crippen molar-refractivity contribution in [2.24, 2.45) is 0 Å². The number of hydrogen-bond donors (Lipinski definition) is 0. The van der Waals surface area contributed by atoms with Crippen molar-refractivity contribution in [3.8, 4) is 11.3 Å². The molecule has 1 aliphatic rings. The van der Waals surface area contributed by atoms with Crippen LogP contribution in [0.3, 0.4) is 0 Å². The van der Waals surface area contributed by atoms with Crippen LogP contribution in [0.15, 0.2) is 65.1 Å². The molecule has 0 atom stereocenters. The summed E-state index contributed by atoms with van der Waals surface area (Å²) in [7, 11) is 0. The summed E-state index contributed by atoms with van der Waals surface area (Å²) in [5.41, 5.74) is 4.06. The van der Waals surface area contributed by atoms with Crippen LogP contribution in [0.25, 0.3) is 11.3 Å². The average Bonchev–Trinajstić information content (AvgIpc) is 3.28. The van der Waals surface area contributed by atoms with Crippen LogP contribution < -0.4 is 4.90 Å². The Kier molecular flexibility index (Phi) is 5.47. The van der Waals surface area contributed by atoms with Gasteiger partial charge < -0.3 is 14.2 Å². The molecule has 0 saturated carbocycles. The highest BCUT2D eigenvalue weighted by molar-refractivity contribution is 5.94. The smallest absolute Gasteiger partial charge is 0.253 e. The van der Waals surface area contributed by atoms with Crippen molar-refractivity contribution in [2.75, 3.05) is 31.1 Å². The van der Waals surface area contributed by atoms with Crippen LogP contribution in [-0.2, 0) is 6.42 Å². The summed E-state index contributed by atoms with van der Waals surface area (Å²) in [6, 6.07) is 19.5. The minimum Gasteiger partial charge on any atom is -0.453 e. The summed E-state index contributed by atoms with van der Waals surface area (Å²) in [6.45, 7) is 5.12. The second kappa shape index (κ2) is 8.35. The van der Waals surface area contributed by atoms with Crippen molar-refractivity contribution < 1.29 is 14.0 Å². The number of benzene rings is 2. The van der Waals surface area contributed by atoms with Crippen molar-refractivity contribution in [1.82, 2.24) is 4.90 Å². The molecule has 1 aromatic heterocycles. The molecule has 1 fully saturated rings. The maximum atomic E-state index is 12.7. The second-order valence-corrected chi connectivity index (χ2v) is 7.20. The molecule has 5 nitrogen and oxygen atoms in total. The van der Waals surface area contributed by atoms with Crippen LogP contribution in [0.5, 0.6) is 0 Å². The standard InChI is InChI=1S/C24H24N2O3/c1-2-18-3-5-20(6-4-18)24(28)26-15-13-25(14-16-26)21-9-7-19(8-10-21)23-12-11-22(17-27)29-23/h3-12,17H,2,13-16H2,1H3. The molecule has 2 heterocycles. The Morgan fingerprint density at radius 3 is 2.21 bits per heavy atom. The van der Waals surface area contributed by atoms with Crippen LogP contribution in [0.4, 0.5) is 5.69 Å². The minimum absolute atomic E-state index is 0.103. The van der Waals surface area contributed by atoms with Gasteiger partial charge in [-0.15, -0.1) is 0 Å². The quantitative estimate of drug-likeness (QED) is 0.612. The maximum absolute atomic E-state index is 12.7. The van der Waals surface area contributed by atoms with Gasteiger partial charge >= 0.3 is 0 Å². The third-order valence-electron chi connectivity index (χ3n) is 5.44. The zero-order valence-corrected chi connectivity index (χ0v) is 16.5. The largest absolute Gasteiger partial charge is 0.453 e. The first-order valence-electron chi connectivity index (χ1n) is 9.96. The molecule has 2 aromatic carbocycles. The third-order valence-corrected chi connectivity index (χ3v) is 5.44. The first-order chi connectivity index (χ1) is 14.2. The lowest BCUT2D eigenvalue weighted by Gasteiger charge is -2.36. The number of amides is 1. The Morgan fingerprint density at radius 2 is 1.62 bits per heavy atom. The highest BCUT2D eigenvalue weighted by Gasteiger charge is 2.22. The van der Waals surface area contributed by atoms with Gasteiger partial charge in [0.2, 0.25) is 0 Å². The first kappa shape index (κ1) is 19.0. The van der Waals surface area contributed by atoms with Crippen molar-refractivity contribution in [1.29, 1.82) is 0 Å². The number of aryl methyl sites for hydroxylation is 1. The number of anilines is 1. The number of rotatable bonds is 5. The normalized spacial score (nSPS) is 14.1. The van der Waals surface area contributed by atoms with E-state index >= 15 is 0 Å². The average molecular weight is 388 g/mol. The molecule has 4 rings (SSSR count). The van der Waals surface area contributed by atoms with E-state index < -0.39 is 0 Å². The van der Waals surface area contributed by atoms with E-state index in [-0.39, 0.29) is 5.91 Å². The number of furan rings is 1. The molecule has 148 valence electrons. The molecule has 1 saturated heterocycles. The number of piperazine rings is 1. The fraction of sp³-hybridized carbons (Fsp3) is 0.250. The van der Waals surface area contributed by atoms with E-state index in [0.717, 1.165) is 36.3 Å². The van der Waals surface area contributed by atoms with Crippen molar-refractivity contribution >= 4 is 17.9 Å². The van der Waals surface area contributed by atoms with Crippen LogP contribution in [-0.4, -0.2) is 43.3 Å². The van der Waals surface area contributed by atoms with Gasteiger partial charge in [0.05, 0.1) is 0 Å². The lowest BCUT2D eigenvalue weighted by Crippen LogP contribution is -2.48.